The highest BCUT2D eigenvalue weighted by molar-refractivity contribution is 5.87. The van der Waals surface area contributed by atoms with E-state index < -0.39 is 24.2 Å². The van der Waals surface area contributed by atoms with Crippen LogP contribution in [0.4, 0.5) is 0 Å². The fraction of sp³-hybridized carbons (Fsp3) is 0.692. The van der Waals surface area contributed by atoms with Crippen LogP contribution >= 0.6 is 0 Å². The molecule has 1 aliphatic rings. The van der Waals surface area contributed by atoms with Gasteiger partial charge >= 0.3 is 5.97 Å². The van der Waals surface area contributed by atoms with Gasteiger partial charge in [-0.3, -0.25) is 4.79 Å². The highest BCUT2D eigenvalue weighted by Crippen LogP contribution is 2.23. The zero-order valence-electron chi connectivity index (χ0n) is 11.4. The normalized spacial score (nSPS) is 27.0. The Morgan fingerprint density at radius 1 is 1.53 bits per heavy atom. The van der Waals surface area contributed by atoms with Crippen molar-refractivity contribution in [2.75, 3.05) is 6.61 Å². The van der Waals surface area contributed by atoms with E-state index in [-0.39, 0.29) is 23.8 Å². The predicted molar refractivity (Wildman–Crippen MR) is 68.5 cm³/mol. The molecule has 0 saturated carbocycles. The van der Waals surface area contributed by atoms with Crippen LogP contribution in [0.3, 0.4) is 0 Å². The quantitative estimate of drug-likeness (QED) is 0.668. The number of hydrogen-bond donors (Lipinski definition) is 3. The first kappa shape index (κ1) is 15.7. The fourth-order valence-corrected chi connectivity index (χ4v) is 1.99. The third kappa shape index (κ3) is 4.65. The summed E-state index contributed by atoms with van der Waals surface area (Å²) < 4.78 is 5.63. The molecule has 0 heterocycles. The molecule has 1 rings (SSSR count). The molecular weight excluding hydrogens is 250 g/mol. The summed E-state index contributed by atoms with van der Waals surface area (Å²) in [5.41, 5.74) is 0.114. The molecule has 3 N–H and O–H groups in total. The number of carboxylic acids is 1. The molecule has 0 fully saturated rings. The molecule has 0 aliphatic heterocycles. The number of rotatable bonds is 5. The minimum Gasteiger partial charge on any atom is -0.478 e. The predicted octanol–water partition coefficient (Wildman–Crippen LogP) is 0.308. The van der Waals surface area contributed by atoms with Crippen LogP contribution in [0.5, 0.6) is 0 Å². The van der Waals surface area contributed by atoms with Gasteiger partial charge in [-0.15, -0.1) is 0 Å². The molecule has 0 unspecified atom stereocenters. The number of hydrogen-bond acceptors (Lipinski definition) is 4. The van der Waals surface area contributed by atoms with Crippen molar-refractivity contribution in [3.63, 3.8) is 0 Å². The van der Waals surface area contributed by atoms with E-state index in [0.717, 1.165) is 0 Å². The van der Waals surface area contributed by atoms with Crippen molar-refractivity contribution in [2.45, 2.75) is 45.4 Å². The minimum absolute atomic E-state index is 0.114. The highest BCUT2D eigenvalue weighted by atomic mass is 16.5. The standard InChI is InChI=1S/C13H21NO5/c1-7(2)6-19-11-5-9(13(17)18)4-10(16)12(11)14-8(3)15/h4,7,10-12,16H,5-6H2,1-3H3,(H,14,15)(H,17,18)/t10-,11+,12+/m0/s1. The largest absolute Gasteiger partial charge is 0.478 e. The Kier molecular flexibility index (Phi) is 5.50. The molecule has 0 aromatic rings. The average molecular weight is 271 g/mol. The summed E-state index contributed by atoms with van der Waals surface area (Å²) in [4.78, 5) is 22.1. The molecule has 6 heteroatoms. The summed E-state index contributed by atoms with van der Waals surface area (Å²) in [6.07, 6.45) is -0.152. The number of nitrogens with one attached hydrogen (secondary N) is 1. The molecule has 0 saturated heterocycles. The smallest absolute Gasteiger partial charge is 0.331 e. The zero-order chi connectivity index (χ0) is 14.6. The second-order valence-corrected chi connectivity index (χ2v) is 5.18. The average Bonchev–Trinajstić information content (AvgIpc) is 2.28. The van der Waals surface area contributed by atoms with Crippen LogP contribution in [0.25, 0.3) is 0 Å². The van der Waals surface area contributed by atoms with E-state index >= 15 is 0 Å². The van der Waals surface area contributed by atoms with E-state index in [0.29, 0.717) is 6.61 Å². The third-order valence-corrected chi connectivity index (χ3v) is 2.85. The Hall–Kier alpha value is -1.40. The van der Waals surface area contributed by atoms with E-state index in [9.17, 15) is 14.7 Å². The third-order valence-electron chi connectivity index (χ3n) is 2.85. The van der Waals surface area contributed by atoms with E-state index in [1.54, 1.807) is 0 Å². The van der Waals surface area contributed by atoms with Crippen LogP contribution in [0.15, 0.2) is 11.6 Å². The molecule has 1 aliphatic carbocycles. The van der Waals surface area contributed by atoms with Gasteiger partial charge in [0.05, 0.1) is 18.2 Å². The number of carbonyl (C=O) groups excluding carboxylic acids is 1. The highest BCUT2D eigenvalue weighted by Gasteiger charge is 2.35. The van der Waals surface area contributed by atoms with Crippen LogP contribution in [0.1, 0.15) is 27.2 Å². The Morgan fingerprint density at radius 3 is 2.63 bits per heavy atom. The molecule has 0 spiro atoms. The fourth-order valence-electron chi connectivity index (χ4n) is 1.99. The number of ether oxygens (including phenoxy) is 1. The van der Waals surface area contributed by atoms with Gasteiger partial charge < -0.3 is 20.3 Å². The van der Waals surface area contributed by atoms with Crippen LogP contribution < -0.4 is 5.32 Å². The van der Waals surface area contributed by atoms with Crippen molar-refractivity contribution in [1.82, 2.24) is 5.32 Å². The molecule has 0 aromatic heterocycles. The minimum atomic E-state index is -1.07. The molecule has 1 amide bonds. The van der Waals surface area contributed by atoms with Crippen molar-refractivity contribution in [1.29, 1.82) is 0 Å². The molecule has 19 heavy (non-hydrogen) atoms. The van der Waals surface area contributed by atoms with E-state index in [1.165, 1.54) is 13.0 Å². The lowest BCUT2D eigenvalue weighted by molar-refractivity contribution is -0.134. The first-order valence-corrected chi connectivity index (χ1v) is 6.32. The van der Waals surface area contributed by atoms with Gasteiger partial charge in [-0.1, -0.05) is 13.8 Å². The van der Waals surface area contributed by atoms with Crippen molar-refractivity contribution >= 4 is 11.9 Å². The Bertz CT molecular complexity index is 377. The van der Waals surface area contributed by atoms with Crippen LogP contribution in [-0.4, -0.2) is 46.9 Å². The van der Waals surface area contributed by atoms with Gasteiger partial charge in [0.15, 0.2) is 0 Å². The maximum absolute atomic E-state index is 11.1. The first-order valence-electron chi connectivity index (χ1n) is 6.32. The summed E-state index contributed by atoms with van der Waals surface area (Å²) in [5, 5.41) is 21.5. The first-order chi connectivity index (χ1) is 8.81. The number of aliphatic hydroxyl groups excluding tert-OH is 1. The molecule has 0 radical (unpaired) electrons. The van der Waals surface area contributed by atoms with Crippen LogP contribution in [0.2, 0.25) is 0 Å². The topological polar surface area (TPSA) is 95.9 Å². The molecule has 6 nitrogen and oxygen atoms in total. The monoisotopic (exact) mass is 271 g/mol. The zero-order valence-corrected chi connectivity index (χ0v) is 11.4. The second-order valence-electron chi connectivity index (χ2n) is 5.18. The van der Waals surface area contributed by atoms with Crippen molar-refractivity contribution in [3.05, 3.63) is 11.6 Å². The van der Waals surface area contributed by atoms with Gasteiger partial charge in [0.2, 0.25) is 5.91 Å². The lowest BCUT2D eigenvalue weighted by Gasteiger charge is -2.34. The SMILES string of the molecule is CC(=O)N[C@@H]1[C@@H](O)C=C(C(=O)O)C[C@H]1OCC(C)C. The van der Waals surface area contributed by atoms with Crippen molar-refractivity contribution < 1.29 is 24.5 Å². The van der Waals surface area contributed by atoms with Gasteiger partial charge in [-0.2, -0.15) is 0 Å². The van der Waals surface area contributed by atoms with Crippen LogP contribution in [-0.2, 0) is 14.3 Å². The summed E-state index contributed by atoms with van der Waals surface area (Å²) in [7, 11) is 0. The van der Waals surface area contributed by atoms with E-state index in [2.05, 4.69) is 5.32 Å². The van der Waals surface area contributed by atoms with Crippen molar-refractivity contribution in [2.24, 2.45) is 5.92 Å². The number of aliphatic carboxylic acids is 1. The maximum Gasteiger partial charge on any atom is 0.331 e. The van der Waals surface area contributed by atoms with Gasteiger partial charge in [0, 0.05) is 25.5 Å². The molecule has 108 valence electrons. The summed E-state index contributed by atoms with van der Waals surface area (Å²) >= 11 is 0. The Balaban J connectivity index is 2.84. The number of amides is 1. The van der Waals surface area contributed by atoms with E-state index in [4.69, 9.17) is 9.84 Å². The lowest BCUT2D eigenvalue weighted by Crippen LogP contribution is -2.53. The van der Waals surface area contributed by atoms with Crippen LogP contribution in [0, 0.1) is 5.92 Å². The second kappa shape index (κ2) is 6.68. The number of aliphatic hydroxyl groups is 1. The van der Waals surface area contributed by atoms with Gasteiger partial charge in [-0.05, 0) is 12.0 Å². The molecule has 0 bridgehead atoms. The number of carbonyl (C=O) groups is 2. The van der Waals surface area contributed by atoms with Crippen molar-refractivity contribution in [3.8, 4) is 0 Å². The molecule has 3 atom stereocenters. The number of carboxylic acid groups (broad SMARTS) is 1. The van der Waals surface area contributed by atoms with Gasteiger partial charge in [0.1, 0.15) is 0 Å². The summed E-state index contributed by atoms with van der Waals surface area (Å²) in [6.45, 7) is 5.74. The molecular formula is C13H21NO5. The van der Waals surface area contributed by atoms with Gasteiger partial charge in [-0.25, -0.2) is 4.79 Å². The molecule has 0 aromatic carbocycles. The Morgan fingerprint density at radius 2 is 2.16 bits per heavy atom. The van der Waals surface area contributed by atoms with Gasteiger partial charge in [0.25, 0.3) is 0 Å². The summed E-state index contributed by atoms with van der Waals surface area (Å²) in [5.74, 6) is -1.07. The summed E-state index contributed by atoms with van der Waals surface area (Å²) in [6, 6.07) is -0.612. The lowest BCUT2D eigenvalue weighted by atomic mass is 9.90. The Labute approximate surface area is 112 Å². The maximum atomic E-state index is 11.1. The van der Waals surface area contributed by atoms with E-state index in [1.807, 2.05) is 13.8 Å².